The fourth-order valence-electron chi connectivity index (χ4n) is 7.65. The van der Waals surface area contributed by atoms with Crippen LogP contribution < -0.4 is 22.3 Å². The molecule has 0 bridgehead atoms. The molecular weight excluding hydrogens is 736 g/mol. The second-order valence-electron chi connectivity index (χ2n) is 14.9. The van der Waals surface area contributed by atoms with Crippen LogP contribution in [0.4, 0.5) is 0 Å². The number of nitrogens with one attached hydrogen (secondary N) is 2. The number of nitrogens with zero attached hydrogens (tertiary/aromatic N) is 3. The first-order valence-electron chi connectivity index (χ1n) is 19.6. The molecule has 19 nitrogen and oxygen atoms in total. The molecule has 4 heterocycles. The highest BCUT2D eigenvalue weighted by atomic mass is 16.7. The number of carbonyl (C=O) groups excluding carboxylic acids is 1. The number of rotatable bonds is 22. The topological polar surface area (TPSA) is 287 Å². The zero-order valence-electron chi connectivity index (χ0n) is 32.7. The molecule has 19 heteroatoms. The molecule has 11 N–H and O–H groups in total. The Morgan fingerprint density at radius 1 is 0.964 bits per heavy atom. The smallest absolute Gasteiger partial charge is 0.330 e. The zero-order chi connectivity index (χ0) is 41.3. The molecule has 0 spiro atoms. The lowest BCUT2D eigenvalue weighted by Gasteiger charge is -2.38. The molecule has 8 unspecified atom stereocenters. The number of carbonyl (C=O) groups is 1. The number of nitrogens with two attached hydrogens (primary N) is 1. The number of H-pyrrole nitrogens is 1. The monoisotopic (exact) mass is 798 g/mol. The number of aromatic nitrogens is 3. The zero-order valence-corrected chi connectivity index (χ0v) is 32.7. The maximum Gasteiger partial charge on any atom is 0.330 e. The average Bonchev–Trinajstić information content (AvgIpc) is 3.69. The number of aliphatic hydroxyl groups is 5. The second-order valence-corrected chi connectivity index (χ2v) is 14.9. The highest BCUT2D eigenvalue weighted by molar-refractivity contribution is 5.82. The van der Waals surface area contributed by atoms with Gasteiger partial charge in [0.25, 0.3) is 5.56 Å². The Kier molecular flexibility index (Phi) is 16.9. The van der Waals surface area contributed by atoms with E-state index < -0.39 is 84.5 Å². The molecule has 11 atom stereocenters. The summed E-state index contributed by atoms with van der Waals surface area (Å²) in [6, 6.07) is -0.507. The maximum atomic E-state index is 13.7. The Labute approximate surface area is 325 Å². The predicted molar refractivity (Wildman–Crippen MR) is 202 cm³/mol. The van der Waals surface area contributed by atoms with E-state index in [4.69, 9.17) is 19.9 Å². The van der Waals surface area contributed by atoms with Gasteiger partial charge in [0.05, 0.1) is 11.7 Å². The number of hydrogen-bond acceptors (Lipinski definition) is 15. The van der Waals surface area contributed by atoms with Crippen LogP contribution in [0.2, 0.25) is 0 Å². The molecule has 2 aromatic heterocycles. The van der Waals surface area contributed by atoms with Gasteiger partial charge in [-0.25, -0.2) is 4.79 Å². The number of unbranched alkanes of at least 4 members (excludes halogenated alkanes) is 9. The lowest BCUT2D eigenvalue weighted by atomic mass is 9.96. The Morgan fingerprint density at radius 2 is 1.59 bits per heavy atom. The SMILES string of the molecule is CCCCCCCCCCCCn1c(O)c(C)c([C@@H](O)CN(C)[C@H](C(=O)NC)[C@H](OC2OC(CN)C(O)C2O)C2OC(n3ccc(=O)[nH]c3=O)C(O)C2O)c1O. The van der Waals surface area contributed by atoms with Crippen LogP contribution in [0.1, 0.15) is 94.6 Å². The number of ether oxygens (including phenoxy) is 3. The molecule has 2 fully saturated rings. The fraction of sp³-hybridized carbons (Fsp3) is 0.757. The van der Waals surface area contributed by atoms with Crippen LogP contribution in [-0.4, -0.2) is 143 Å². The van der Waals surface area contributed by atoms with E-state index >= 15 is 0 Å². The lowest BCUT2D eigenvalue weighted by molar-refractivity contribution is -0.233. The minimum Gasteiger partial charge on any atom is -0.494 e. The van der Waals surface area contributed by atoms with Crippen LogP contribution in [0.15, 0.2) is 21.9 Å². The highest BCUT2D eigenvalue weighted by Crippen LogP contribution is 2.39. The van der Waals surface area contributed by atoms with Crippen molar-refractivity contribution < 1.29 is 54.8 Å². The molecule has 56 heavy (non-hydrogen) atoms. The predicted octanol–water partition coefficient (Wildman–Crippen LogP) is -0.832. The van der Waals surface area contributed by atoms with Gasteiger partial charge in [0.2, 0.25) is 5.91 Å². The highest BCUT2D eigenvalue weighted by Gasteiger charge is 2.54. The normalized spacial score (nSPS) is 26.8. The summed E-state index contributed by atoms with van der Waals surface area (Å²) >= 11 is 0. The Morgan fingerprint density at radius 3 is 2.16 bits per heavy atom. The van der Waals surface area contributed by atoms with Gasteiger partial charge in [0, 0.05) is 44.5 Å². The van der Waals surface area contributed by atoms with Crippen molar-refractivity contribution in [2.75, 3.05) is 27.2 Å². The summed E-state index contributed by atoms with van der Waals surface area (Å²) < 4.78 is 19.9. The number of amides is 1. The van der Waals surface area contributed by atoms with Gasteiger partial charge in [-0.1, -0.05) is 64.7 Å². The van der Waals surface area contributed by atoms with Crippen molar-refractivity contribution in [2.24, 2.45) is 5.73 Å². The molecule has 318 valence electrons. The average molecular weight is 799 g/mol. The first kappa shape index (κ1) is 45.3. The summed E-state index contributed by atoms with van der Waals surface area (Å²) in [4.78, 5) is 41.4. The number of aromatic amines is 1. The molecule has 0 saturated carbocycles. The van der Waals surface area contributed by atoms with Gasteiger partial charge in [-0.05, 0) is 20.4 Å². The Bertz CT molecular complexity index is 1670. The van der Waals surface area contributed by atoms with Crippen molar-refractivity contribution in [1.82, 2.24) is 24.3 Å². The van der Waals surface area contributed by atoms with Crippen molar-refractivity contribution in [3.63, 3.8) is 0 Å². The van der Waals surface area contributed by atoms with Crippen molar-refractivity contribution in [1.29, 1.82) is 0 Å². The molecule has 2 aromatic rings. The van der Waals surface area contributed by atoms with Crippen molar-refractivity contribution in [3.05, 3.63) is 44.2 Å². The number of aromatic hydroxyl groups is 2. The summed E-state index contributed by atoms with van der Waals surface area (Å²) in [7, 11) is 2.74. The largest absolute Gasteiger partial charge is 0.494 e. The maximum absolute atomic E-state index is 13.7. The van der Waals surface area contributed by atoms with Gasteiger partial charge in [0.15, 0.2) is 24.3 Å². The molecule has 2 saturated heterocycles. The minimum absolute atomic E-state index is 0.0306. The summed E-state index contributed by atoms with van der Waals surface area (Å²) in [5.41, 5.74) is 4.28. The number of aliphatic hydroxyl groups excluding tert-OH is 5. The van der Waals surface area contributed by atoms with Crippen molar-refractivity contribution in [3.8, 4) is 11.8 Å². The van der Waals surface area contributed by atoms with Gasteiger partial charge >= 0.3 is 5.69 Å². The molecule has 1 amide bonds. The number of likely N-dealkylation sites (N-methyl/N-ethyl adjacent to an activating group) is 2. The molecule has 0 aromatic carbocycles. The van der Waals surface area contributed by atoms with Crippen molar-refractivity contribution in [2.45, 2.75) is 152 Å². The van der Waals surface area contributed by atoms with Crippen LogP contribution in [-0.2, 0) is 25.5 Å². The van der Waals surface area contributed by atoms with Crippen molar-refractivity contribution >= 4 is 5.91 Å². The standard InChI is InChI=1S/C37H62N6O13/c1-5-6-7-8-9-10-11-12-13-14-16-42-33(51)20(2)24(34(42)52)21(44)19-41(4)25(32(50)39-3)30(56-36-29(49)26(46)22(18-38)54-36)31-27(47)28(48)35(55-31)43-17-15-23(45)40-37(43)53/h15,17,21-22,25-31,35-36,44,46-49,51-52H,5-14,16,18-19,38H2,1-4H3,(H,39,50)(H,40,45,53)/t21-,22?,25-,26?,27?,28?,29?,30-,31?,35?,36?/m0/s1. The van der Waals surface area contributed by atoms with E-state index in [1.165, 1.54) is 62.1 Å². The minimum atomic E-state index is -1.84. The first-order valence-corrected chi connectivity index (χ1v) is 19.6. The van der Waals surface area contributed by atoms with E-state index in [1.807, 2.05) is 4.98 Å². The number of hydrogen-bond donors (Lipinski definition) is 10. The second kappa shape index (κ2) is 20.9. The van der Waals surface area contributed by atoms with E-state index in [-0.39, 0.29) is 36.0 Å². The third-order valence-corrected chi connectivity index (χ3v) is 10.9. The Balaban J connectivity index is 1.56. The van der Waals surface area contributed by atoms with Crippen LogP contribution in [0, 0.1) is 6.92 Å². The van der Waals surface area contributed by atoms with E-state index in [1.54, 1.807) is 6.92 Å². The summed E-state index contributed by atoms with van der Waals surface area (Å²) in [6.45, 7) is 3.47. The van der Waals surface area contributed by atoms with E-state index in [0.29, 0.717) is 13.0 Å². The van der Waals surface area contributed by atoms with E-state index in [9.17, 15) is 50.1 Å². The first-order chi connectivity index (χ1) is 26.7. The molecule has 2 aliphatic heterocycles. The fourth-order valence-corrected chi connectivity index (χ4v) is 7.65. The van der Waals surface area contributed by atoms with Gasteiger partial charge < -0.3 is 61.0 Å². The van der Waals surface area contributed by atoms with E-state index in [0.717, 1.165) is 36.1 Å². The summed E-state index contributed by atoms with van der Waals surface area (Å²) in [6.07, 6.45) is -3.73. The van der Waals surface area contributed by atoms with Crippen LogP contribution in [0.5, 0.6) is 11.8 Å². The van der Waals surface area contributed by atoms with Crippen LogP contribution in [0.3, 0.4) is 0 Å². The molecule has 2 aliphatic rings. The molecule has 0 aliphatic carbocycles. The third kappa shape index (κ3) is 10.4. The van der Waals surface area contributed by atoms with Gasteiger partial charge in [0.1, 0.15) is 48.8 Å². The van der Waals surface area contributed by atoms with Crippen LogP contribution in [0.25, 0.3) is 0 Å². The van der Waals surface area contributed by atoms with Crippen LogP contribution >= 0.6 is 0 Å². The van der Waals surface area contributed by atoms with Gasteiger partial charge in [-0.15, -0.1) is 0 Å². The lowest BCUT2D eigenvalue weighted by Crippen LogP contribution is -2.60. The Hall–Kier alpha value is -3.37. The third-order valence-electron chi connectivity index (χ3n) is 10.9. The quantitative estimate of drug-likeness (QED) is 0.0651. The summed E-state index contributed by atoms with van der Waals surface area (Å²) in [5, 5.41) is 80.0. The van der Waals surface area contributed by atoms with Gasteiger partial charge in [-0.3, -0.25) is 28.6 Å². The molecule has 4 rings (SSSR count). The van der Waals surface area contributed by atoms with Gasteiger partial charge in [-0.2, -0.15) is 0 Å². The van der Waals surface area contributed by atoms with E-state index in [2.05, 4.69) is 12.2 Å². The molecular formula is C37H62N6O13. The summed E-state index contributed by atoms with van der Waals surface area (Å²) in [5.74, 6) is -1.29. The molecule has 0 radical (unpaired) electrons.